The highest BCUT2D eigenvalue weighted by Crippen LogP contribution is 2.13. The Bertz CT molecular complexity index is 306. The van der Waals surface area contributed by atoms with Crippen LogP contribution in [0.2, 0.25) is 0 Å². The Labute approximate surface area is 108 Å². The molecule has 3 amide bonds. The van der Waals surface area contributed by atoms with Crippen LogP contribution in [-0.2, 0) is 4.79 Å². The van der Waals surface area contributed by atoms with E-state index in [0.717, 1.165) is 25.9 Å². The van der Waals surface area contributed by atoms with Crippen molar-refractivity contribution >= 4 is 11.9 Å². The van der Waals surface area contributed by atoms with Crippen molar-refractivity contribution in [2.75, 3.05) is 19.6 Å². The number of piperidine rings is 1. The van der Waals surface area contributed by atoms with Gasteiger partial charge in [0, 0.05) is 11.6 Å². The fourth-order valence-corrected chi connectivity index (χ4v) is 2.05. The number of rotatable bonds is 3. The Morgan fingerprint density at radius 2 is 1.89 bits per heavy atom. The van der Waals surface area contributed by atoms with Gasteiger partial charge < -0.3 is 21.3 Å². The average molecular weight is 256 g/mol. The highest BCUT2D eigenvalue weighted by molar-refractivity contribution is 5.83. The van der Waals surface area contributed by atoms with Crippen LogP contribution in [0.1, 0.15) is 33.6 Å². The molecule has 1 heterocycles. The van der Waals surface area contributed by atoms with Crippen molar-refractivity contribution in [1.82, 2.24) is 15.5 Å². The van der Waals surface area contributed by atoms with E-state index >= 15 is 0 Å². The molecular formula is C12H24N4O2. The van der Waals surface area contributed by atoms with Crippen LogP contribution in [0.25, 0.3) is 0 Å². The molecule has 4 N–H and O–H groups in total. The number of hydrogen-bond acceptors (Lipinski definition) is 3. The number of urea groups is 1. The zero-order chi connectivity index (χ0) is 13.8. The quantitative estimate of drug-likeness (QED) is 0.666. The van der Waals surface area contributed by atoms with Crippen LogP contribution in [0.4, 0.5) is 4.79 Å². The molecule has 0 spiro atoms. The lowest BCUT2D eigenvalue weighted by molar-refractivity contribution is -0.119. The second kappa shape index (κ2) is 6.04. The van der Waals surface area contributed by atoms with Gasteiger partial charge in [-0.05, 0) is 46.7 Å². The zero-order valence-corrected chi connectivity index (χ0v) is 11.5. The summed E-state index contributed by atoms with van der Waals surface area (Å²) in [5, 5.41) is 6.12. The molecule has 18 heavy (non-hydrogen) atoms. The molecular weight excluding hydrogens is 232 g/mol. The minimum atomic E-state index is -0.474. The van der Waals surface area contributed by atoms with E-state index in [1.165, 1.54) is 0 Å². The molecule has 6 heteroatoms. The van der Waals surface area contributed by atoms with Crippen LogP contribution in [0.5, 0.6) is 0 Å². The fraction of sp³-hybridized carbons (Fsp3) is 0.833. The number of carbonyl (C=O) groups excluding carboxylic acids is 2. The van der Waals surface area contributed by atoms with Gasteiger partial charge in [-0.2, -0.15) is 0 Å². The summed E-state index contributed by atoms with van der Waals surface area (Å²) in [5.41, 5.74) is 4.91. The minimum Gasteiger partial charge on any atom is -0.368 e. The summed E-state index contributed by atoms with van der Waals surface area (Å²) >= 11 is 0. The second-order valence-electron chi connectivity index (χ2n) is 5.76. The Kier molecular flexibility index (Phi) is 4.95. The topological polar surface area (TPSA) is 87.5 Å². The maximum absolute atomic E-state index is 12.2. The van der Waals surface area contributed by atoms with E-state index in [2.05, 4.69) is 10.6 Å². The first-order chi connectivity index (χ1) is 8.29. The molecule has 6 nitrogen and oxygen atoms in total. The molecule has 1 aliphatic heterocycles. The maximum Gasteiger partial charge on any atom is 0.318 e. The van der Waals surface area contributed by atoms with Crippen LogP contribution in [-0.4, -0.2) is 48.1 Å². The van der Waals surface area contributed by atoms with Gasteiger partial charge in [-0.15, -0.1) is 0 Å². The largest absolute Gasteiger partial charge is 0.368 e. The normalized spacial score (nSPS) is 17.3. The van der Waals surface area contributed by atoms with Gasteiger partial charge in [-0.1, -0.05) is 0 Å². The van der Waals surface area contributed by atoms with Crippen LogP contribution in [0, 0.1) is 0 Å². The van der Waals surface area contributed by atoms with Crippen LogP contribution >= 0.6 is 0 Å². The summed E-state index contributed by atoms with van der Waals surface area (Å²) in [7, 11) is 0. The molecule has 0 radical (unpaired) electrons. The van der Waals surface area contributed by atoms with Crippen molar-refractivity contribution in [2.24, 2.45) is 5.73 Å². The highest BCUT2D eigenvalue weighted by atomic mass is 16.2. The molecule has 1 fully saturated rings. The zero-order valence-electron chi connectivity index (χ0n) is 11.5. The average Bonchev–Trinajstić information content (AvgIpc) is 2.24. The Hall–Kier alpha value is -1.30. The number of nitrogens with one attached hydrogen (secondary N) is 2. The van der Waals surface area contributed by atoms with Gasteiger partial charge in [0.2, 0.25) is 5.91 Å². The first-order valence-electron chi connectivity index (χ1n) is 6.37. The fourth-order valence-electron chi connectivity index (χ4n) is 2.05. The molecule has 1 rings (SSSR count). The van der Waals surface area contributed by atoms with Crippen molar-refractivity contribution < 1.29 is 9.59 Å². The van der Waals surface area contributed by atoms with Gasteiger partial charge >= 0.3 is 6.03 Å². The van der Waals surface area contributed by atoms with Gasteiger partial charge in [-0.3, -0.25) is 4.79 Å². The van der Waals surface area contributed by atoms with Gasteiger partial charge in [0.05, 0.1) is 0 Å². The predicted molar refractivity (Wildman–Crippen MR) is 70.1 cm³/mol. The van der Waals surface area contributed by atoms with E-state index < -0.39 is 5.91 Å². The second-order valence-corrected chi connectivity index (χ2v) is 5.76. The van der Waals surface area contributed by atoms with Crippen molar-refractivity contribution in [1.29, 1.82) is 0 Å². The molecule has 0 atom stereocenters. The molecule has 104 valence electrons. The van der Waals surface area contributed by atoms with E-state index in [9.17, 15) is 9.59 Å². The smallest absolute Gasteiger partial charge is 0.318 e. The first kappa shape index (κ1) is 14.8. The molecule has 0 aromatic heterocycles. The van der Waals surface area contributed by atoms with Crippen LogP contribution in [0.15, 0.2) is 0 Å². The predicted octanol–water partition coefficient (Wildman–Crippen LogP) is 0.0338. The monoisotopic (exact) mass is 256 g/mol. The van der Waals surface area contributed by atoms with E-state index in [1.807, 2.05) is 20.8 Å². The number of carbonyl (C=O) groups is 2. The number of amides is 3. The number of hydrogen-bond donors (Lipinski definition) is 3. The third-order valence-electron chi connectivity index (χ3n) is 2.82. The van der Waals surface area contributed by atoms with Crippen molar-refractivity contribution in [3.05, 3.63) is 0 Å². The molecule has 1 aliphatic rings. The summed E-state index contributed by atoms with van der Waals surface area (Å²) < 4.78 is 0. The van der Waals surface area contributed by atoms with Gasteiger partial charge in [0.1, 0.15) is 6.54 Å². The molecule has 0 unspecified atom stereocenters. The number of nitrogens with two attached hydrogens (primary N) is 1. The summed E-state index contributed by atoms with van der Waals surface area (Å²) in [6.07, 6.45) is 1.70. The summed E-state index contributed by atoms with van der Waals surface area (Å²) in [6.45, 7) is 7.44. The van der Waals surface area contributed by atoms with Crippen molar-refractivity contribution in [3.63, 3.8) is 0 Å². The van der Waals surface area contributed by atoms with E-state index in [0.29, 0.717) is 0 Å². The third-order valence-corrected chi connectivity index (χ3v) is 2.82. The van der Waals surface area contributed by atoms with Crippen LogP contribution in [0.3, 0.4) is 0 Å². The Morgan fingerprint density at radius 3 is 2.33 bits per heavy atom. The van der Waals surface area contributed by atoms with Gasteiger partial charge in [-0.25, -0.2) is 4.79 Å². The minimum absolute atomic E-state index is 0.0212. The summed E-state index contributed by atoms with van der Waals surface area (Å²) in [5.74, 6) is -0.474. The number of nitrogens with zero attached hydrogens (tertiary/aromatic N) is 1. The summed E-state index contributed by atoms with van der Waals surface area (Å²) in [4.78, 5) is 24.9. The lowest BCUT2D eigenvalue weighted by Crippen LogP contribution is -2.56. The van der Waals surface area contributed by atoms with E-state index in [-0.39, 0.29) is 24.2 Å². The van der Waals surface area contributed by atoms with E-state index in [1.54, 1.807) is 4.90 Å². The summed E-state index contributed by atoms with van der Waals surface area (Å²) in [6, 6.07) is -0.130. The van der Waals surface area contributed by atoms with Gasteiger partial charge in [0.25, 0.3) is 0 Å². The van der Waals surface area contributed by atoms with Crippen LogP contribution < -0.4 is 16.4 Å². The maximum atomic E-state index is 12.2. The van der Waals surface area contributed by atoms with Crippen molar-refractivity contribution in [2.45, 2.75) is 45.2 Å². The molecule has 0 aromatic rings. The lowest BCUT2D eigenvalue weighted by atomic mass is 10.0. The first-order valence-corrected chi connectivity index (χ1v) is 6.37. The molecule has 0 bridgehead atoms. The highest BCUT2D eigenvalue weighted by Gasteiger charge is 2.28. The van der Waals surface area contributed by atoms with Gasteiger partial charge in [0.15, 0.2) is 0 Å². The lowest BCUT2D eigenvalue weighted by Gasteiger charge is -2.35. The third kappa shape index (κ3) is 4.91. The van der Waals surface area contributed by atoms with E-state index in [4.69, 9.17) is 5.73 Å². The number of primary amides is 1. The Morgan fingerprint density at radius 1 is 1.33 bits per heavy atom. The standard InChI is InChI=1S/C12H24N4O2/c1-12(2,3)15-11(18)16(8-10(13)17)9-4-6-14-7-5-9/h9,14H,4-8H2,1-3H3,(H2,13,17)(H,15,18). The SMILES string of the molecule is CC(C)(C)NC(=O)N(CC(N)=O)C1CCNCC1. The van der Waals surface area contributed by atoms with Crippen molar-refractivity contribution in [3.8, 4) is 0 Å². The Balaban J connectivity index is 2.70. The molecule has 0 saturated carbocycles. The molecule has 1 saturated heterocycles. The molecule has 0 aliphatic carbocycles. The molecule has 0 aromatic carbocycles.